The van der Waals surface area contributed by atoms with Crippen LogP contribution in [-0.4, -0.2) is 26.2 Å². The molecule has 1 unspecified atom stereocenters. The van der Waals surface area contributed by atoms with E-state index in [0.29, 0.717) is 13.0 Å². The van der Waals surface area contributed by atoms with Gasteiger partial charge in [-0.3, -0.25) is 4.79 Å². The lowest BCUT2D eigenvalue weighted by molar-refractivity contribution is -0.117. The molecule has 0 aromatic heterocycles. The second-order valence-electron chi connectivity index (χ2n) is 4.79. The van der Waals surface area contributed by atoms with Gasteiger partial charge in [-0.15, -0.1) is 0 Å². The van der Waals surface area contributed by atoms with E-state index in [1.165, 1.54) is 5.56 Å². The van der Waals surface area contributed by atoms with Crippen molar-refractivity contribution >= 4 is 11.6 Å². The molecule has 0 saturated heterocycles. The summed E-state index contributed by atoms with van der Waals surface area (Å²) in [4.78, 5) is 11.8. The number of amides is 1. The molecule has 19 heavy (non-hydrogen) atoms. The quantitative estimate of drug-likeness (QED) is 0.758. The fraction of sp³-hybridized carbons (Fsp3) is 0.533. The van der Waals surface area contributed by atoms with Crippen molar-refractivity contribution in [3.8, 4) is 0 Å². The summed E-state index contributed by atoms with van der Waals surface area (Å²) in [6.07, 6.45) is 0.477. The molecular formula is C15H24N2O2. The van der Waals surface area contributed by atoms with Crippen molar-refractivity contribution in [2.24, 2.45) is 5.92 Å². The number of benzene rings is 1. The van der Waals surface area contributed by atoms with Crippen molar-refractivity contribution in [1.82, 2.24) is 5.32 Å². The average Bonchev–Trinajstić information content (AvgIpc) is 2.36. The van der Waals surface area contributed by atoms with Crippen molar-refractivity contribution in [2.45, 2.75) is 26.8 Å². The Morgan fingerprint density at radius 3 is 2.89 bits per heavy atom. The van der Waals surface area contributed by atoms with Crippen molar-refractivity contribution in [3.63, 3.8) is 0 Å². The molecule has 1 aromatic carbocycles. The van der Waals surface area contributed by atoms with Crippen LogP contribution in [0.5, 0.6) is 0 Å². The number of ether oxygens (including phenoxy) is 1. The summed E-state index contributed by atoms with van der Waals surface area (Å²) < 4.78 is 5.03. The summed E-state index contributed by atoms with van der Waals surface area (Å²) in [7, 11) is 1.65. The lowest BCUT2D eigenvalue weighted by Gasteiger charge is -2.11. The van der Waals surface area contributed by atoms with Crippen LogP contribution in [0.25, 0.3) is 0 Å². The van der Waals surface area contributed by atoms with Gasteiger partial charge in [-0.25, -0.2) is 0 Å². The minimum Gasteiger partial charge on any atom is -0.384 e. The highest BCUT2D eigenvalue weighted by atomic mass is 16.5. The van der Waals surface area contributed by atoms with E-state index in [2.05, 4.69) is 17.6 Å². The Morgan fingerprint density at radius 2 is 2.21 bits per heavy atom. The number of hydrogen-bond acceptors (Lipinski definition) is 3. The minimum atomic E-state index is 0.0325. The summed E-state index contributed by atoms with van der Waals surface area (Å²) in [5.41, 5.74) is 2.02. The van der Waals surface area contributed by atoms with Crippen LogP contribution < -0.4 is 10.6 Å². The van der Waals surface area contributed by atoms with Gasteiger partial charge in [0.25, 0.3) is 0 Å². The molecule has 1 aromatic rings. The highest BCUT2D eigenvalue weighted by Gasteiger charge is 2.09. The molecule has 0 bridgehead atoms. The Hall–Kier alpha value is -1.39. The van der Waals surface area contributed by atoms with E-state index in [9.17, 15) is 4.79 Å². The Labute approximate surface area is 115 Å². The summed E-state index contributed by atoms with van der Waals surface area (Å²) >= 11 is 0. The van der Waals surface area contributed by atoms with Gasteiger partial charge < -0.3 is 15.4 Å². The zero-order valence-corrected chi connectivity index (χ0v) is 12.0. The molecule has 0 radical (unpaired) electrons. The van der Waals surface area contributed by atoms with Crippen LogP contribution in [0.15, 0.2) is 24.3 Å². The first kappa shape index (κ1) is 15.7. The Balaban J connectivity index is 2.49. The zero-order chi connectivity index (χ0) is 14.1. The lowest BCUT2D eigenvalue weighted by Crippen LogP contribution is -2.18. The monoisotopic (exact) mass is 264 g/mol. The molecule has 0 fully saturated rings. The van der Waals surface area contributed by atoms with Gasteiger partial charge in [0.05, 0.1) is 0 Å². The summed E-state index contributed by atoms with van der Waals surface area (Å²) in [6.45, 7) is 6.44. The van der Waals surface area contributed by atoms with Crippen molar-refractivity contribution in [2.75, 3.05) is 25.6 Å². The molecule has 0 aliphatic heterocycles. The first-order chi connectivity index (χ1) is 9.15. The fourth-order valence-electron chi connectivity index (χ4n) is 1.90. The smallest absolute Gasteiger partial charge is 0.224 e. The van der Waals surface area contributed by atoms with E-state index in [-0.39, 0.29) is 11.8 Å². The fourth-order valence-corrected chi connectivity index (χ4v) is 1.90. The second-order valence-corrected chi connectivity index (χ2v) is 4.79. The first-order valence-electron chi connectivity index (χ1n) is 6.74. The van der Waals surface area contributed by atoms with E-state index in [4.69, 9.17) is 4.74 Å². The molecule has 1 rings (SSSR count). The van der Waals surface area contributed by atoms with Crippen LogP contribution in [0.3, 0.4) is 0 Å². The molecular weight excluding hydrogens is 240 g/mol. The number of carbonyl (C=O) groups is 1. The third-order valence-corrected chi connectivity index (χ3v) is 2.77. The van der Waals surface area contributed by atoms with Crippen molar-refractivity contribution < 1.29 is 9.53 Å². The Bertz CT molecular complexity index is 393. The maximum atomic E-state index is 11.8. The number of hydrogen-bond donors (Lipinski definition) is 2. The second kappa shape index (κ2) is 8.67. The molecule has 4 nitrogen and oxygen atoms in total. The van der Waals surface area contributed by atoms with Gasteiger partial charge >= 0.3 is 0 Å². The van der Waals surface area contributed by atoms with Gasteiger partial charge in [0.1, 0.15) is 0 Å². The third-order valence-electron chi connectivity index (χ3n) is 2.77. The SMILES string of the molecule is CCNCc1cccc(NC(=O)CC(C)COC)c1. The maximum Gasteiger partial charge on any atom is 0.224 e. The first-order valence-corrected chi connectivity index (χ1v) is 6.74. The molecule has 0 aliphatic rings. The molecule has 0 heterocycles. The highest BCUT2D eigenvalue weighted by Crippen LogP contribution is 2.12. The predicted octanol–water partition coefficient (Wildman–Crippen LogP) is 2.41. The normalized spacial score (nSPS) is 12.2. The number of nitrogens with one attached hydrogen (secondary N) is 2. The van der Waals surface area contributed by atoms with E-state index in [1.54, 1.807) is 7.11 Å². The predicted molar refractivity (Wildman–Crippen MR) is 78.1 cm³/mol. The molecule has 2 N–H and O–H groups in total. The van der Waals surface area contributed by atoms with E-state index < -0.39 is 0 Å². The van der Waals surface area contributed by atoms with Crippen molar-refractivity contribution in [1.29, 1.82) is 0 Å². The highest BCUT2D eigenvalue weighted by molar-refractivity contribution is 5.90. The van der Waals surface area contributed by atoms with Crippen LogP contribution in [-0.2, 0) is 16.1 Å². The standard InChI is InChI=1S/C15H24N2O2/c1-4-16-10-13-6-5-7-14(9-13)17-15(18)8-12(2)11-19-3/h5-7,9,12,16H,4,8,10-11H2,1-3H3,(H,17,18). The van der Waals surface area contributed by atoms with Crippen LogP contribution >= 0.6 is 0 Å². The number of methoxy groups -OCH3 is 1. The topological polar surface area (TPSA) is 50.4 Å². The minimum absolute atomic E-state index is 0.0325. The van der Waals surface area contributed by atoms with Crippen LogP contribution in [0, 0.1) is 5.92 Å². The van der Waals surface area contributed by atoms with Crippen LogP contribution in [0.2, 0.25) is 0 Å². The molecule has 4 heteroatoms. The van der Waals surface area contributed by atoms with Crippen LogP contribution in [0.1, 0.15) is 25.8 Å². The number of carbonyl (C=O) groups excluding carboxylic acids is 1. The molecule has 0 saturated carbocycles. The average molecular weight is 264 g/mol. The Morgan fingerprint density at radius 1 is 1.42 bits per heavy atom. The van der Waals surface area contributed by atoms with Crippen LogP contribution in [0.4, 0.5) is 5.69 Å². The van der Waals surface area contributed by atoms with Gasteiger partial charge in [0, 0.05) is 32.4 Å². The molecule has 0 aliphatic carbocycles. The van der Waals surface area contributed by atoms with Gasteiger partial charge in [-0.1, -0.05) is 26.0 Å². The van der Waals surface area contributed by atoms with Gasteiger partial charge in [-0.2, -0.15) is 0 Å². The van der Waals surface area contributed by atoms with Gasteiger partial charge in [-0.05, 0) is 30.2 Å². The zero-order valence-electron chi connectivity index (χ0n) is 12.0. The third kappa shape index (κ3) is 6.36. The number of rotatable bonds is 8. The largest absolute Gasteiger partial charge is 0.384 e. The molecule has 1 atom stereocenters. The van der Waals surface area contributed by atoms with E-state index in [1.807, 2.05) is 31.2 Å². The van der Waals surface area contributed by atoms with E-state index in [0.717, 1.165) is 18.8 Å². The number of anilines is 1. The lowest BCUT2D eigenvalue weighted by atomic mass is 10.1. The molecule has 0 spiro atoms. The molecule has 106 valence electrons. The van der Waals surface area contributed by atoms with Gasteiger partial charge in [0.2, 0.25) is 5.91 Å². The maximum absolute atomic E-state index is 11.8. The van der Waals surface area contributed by atoms with Gasteiger partial charge in [0.15, 0.2) is 0 Å². The van der Waals surface area contributed by atoms with Crippen molar-refractivity contribution in [3.05, 3.63) is 29.8 Å². The summed E-state index contributed by atoms with van der Waals surface area (Å²) in [6, 6.07) is 7.92. The summed E-state index contributed by atoms with van der Waals surface area (Å²) in [5.74, 6) is 0.264. The van der Waals surface area contributed by atoms with E-state index >= 15 is 0 Å². The summed E-state index contributed by atoms with van der Waals surface area (Å²) in [5, 5.41) is 6.19. The molecule has 1 amide bonds. The Kier molecular flexibility index (Phi) is 7.15.